The molecule has 1 atom stereocenters. The van der Waals surface area contributed by atoms with Gasteiger partial charge in [-0.3, -0.25) is 9.59 Å². The van der Waals surface area contributed by atoms with Gasteiger partial charge in [-0.1, -0.05) is 12.1 Å². The summed E-state index contributed by atoms with van der Waals surface area (Å²) in [6.45, 7) is 0. The normalized spacial score (nSPS) is 14.8. The standard InChI is InChI=1S/C26H18O10/c1-34-26(33)12-4-2-11(3-5-12)14-9-19(30)35-18-10-17(29)21-22(31)23(32)24(36-25(21)20(14)18)13-6-7-15(27)16(28)8-13/h2-8,10,14,27-29,32H,9H2,1H3. The molecule has 1 aromatic heterocycles. The first-order chi connectivity index (χ1) is 17.2. The van der Waals surface area contributed by atoms with Crippen LogP contribution in [0.4, 0.5) is 0 Å². The van der Waals surface area contributed by atoms with E-state index in [0.717, 1.165) is 18.2 Å². The molecule has 5 rings (SSSR count). The molecule has 0 spiro atoms. The van der Waals surface area contributed by atoms with E-state index in [1.165, 1.54) is 25.3 Å². The molecular weight excluding hydrogens is 472 g/mol. The lowest BCUT2D eigenvalue weighted by Crippen LogP contribution is -2.22. The number of ether oxygens (including phenoxy) is 2. The number of phenols is 3. The largest absolute Gasteiger partial charge is 0.507 e. The topological polar surface area (TPSA) is 164 Å². The number of hydrogen-bond acceptors (Lipinski definition) is 10. The number of esters is 2. The molecule has 0 aliphatic carbocycles. The lowest BCUT2D eigenvalue weighted by molar-refractivity contribution is -0.135. The molecule has 0 fully saturated rings. The fourth-order valence-electron chi connectivity index (χ4n) is 4.30. The van der Waals surface area contributed by atoms with Crippen LogP contribution in [-0.2, 0) is 9.53 Å². The molecule has 0 radical (unpaired) electrons. The van der Waals surface area contributed by atoms with Crippen LogP contribution < -0.4 is 10.2 Å². The summed E-state index contributed by atoms with van der Waals surface area (Å²) in [6, 6.07) is 11.0. The van der Waals surface area contributed by atoms with E-state index in [1.807, 2.05) is 0 Å². The molecule has 10 heteroatoms. The first-order valence-corrected chi connectivity index (χ1v) is 10.7. The highest BCUT2D eigenvalue weighted by molar-refractivity contribution is 5.94. The summed E-state index contributed by atoms with van der Waals surface area (Å²) in [4.78, 5) is 37.3. The summed E-state index contributed by atoms with van der Waals surface area (Å²) in [5.41, 5.74) is 0.148. The number of hydrogen-bond donors (Lipinski definition) is 4. The minimum Gasteiger partial charge on any atom is -0.507 e. The fourth-order valence-corrected chi connectivity index (χ4v) is 4.30. The Hall–Kier alpha value is -4.99. The summed E-state index contributed by atoms with van der Waals surface area (Å²) < 4.78 is 16.0. The Morgan fingerprint density at radius 2 is 1.67 bits per heavy atom. The summed E-state index contributed by atoms with van der Waals surface area (Å²) >= 11 is 0. The minimum absolute atomic E-state index is 0.0355. The maximum Gasteiger partial charge on any atom is 0.337 e. The van der Waals surface area contributed by atoms with Gasteiger partial charge in [0.1, 0.15) is 22.5 Å². The Balaban J connectivity index is 1.78. The van der Waals surface area contributed by atoms with Gasteiger partial charge < -0.3 is 34.3 Å². The molecule has 2 heterocycles. The van der Waals surface area contributed by atoms with Gasteiger partial charge in [-0.05, 0) is 35.9 Å². The van der Waals surface area contributed by atoms with Crippen molar-refractivity contribution in [2.24, 2.45) is 0 Å². The van der Waals surface area contributed by atoms with Crippen LogP contribution in [0.25, 0.3) is 22.3 Å². The summed E-state index contributed by atoms with van der Waals surface area (Å²) in [6.07, 6.45) is -0.135. The third-order valence-corrected chi connectivity index (χ3v) is 6.04. The Morgan fingerprint density at radius 1 is 0.944 bits per heavy atom. The smallest absolute Gasteiger partial charge is 0.337 e. The molecule has 1 aliphatic rings. The van der Waals surface area contributed by atoms with Gasteiger partial charge in [0.2, 0.25) is 11.2 Å². The van der Waals surface area contributed by atoms with Crippen LogP contribution in [0, 0.1) is 0 Å². The van der Waals surface area contributed by atoms with Gasteiger partial charge in [0.15, 0.2) is 17.3 Å². The van der Waals surface area contributed by atoms with Gasteiger partial charge in [0, 0.05) is 23.1 Å². The third-order valence-electron chi connectivity index (χ3n) is 6.04. The average Bonchev–Trinajstić information content (AvgIpc) is 2.86. The molecule has 0 saturated heterocycles. The van der Waals surface area contributed by atoms with Crippen LogP contribution in [0.5, 0.6) is 28.7 Å². The summed E-state index contributed by atoms with van der Waals surface area (Å²) in [7, 11) is 1.26. The van der Waals surface area contributed by atoms with Gasteiger partial charge in [-0.15, -0.1) is 0 Å². The maximum atomic E-state index is 13.1. The van der Waals surface area contributed by atoms with E-state index < -0.39 is 46.3 Å². The second-order valence-electron chi connectivity index (χ2n) is 8.17. The van der Waals surface area contributed by atoms with Crippen LogP contribution in [0.2, 0.25) is 0 Å². The molecule has 4 aromatic rings. The third kappa shape index (κ3) is 3.56. The predicted octanol–water partition coefficient (Wildman–Crippen LogP) is 3.51. The lowest BCUT2D eigenvalue weighted by Gasteiger charge is -2.26. The van der Waals surface area contributed by atoms with Crippen molar-refractivity contribution in [3.63, 3.8) is 0 Å². The summed E-state index contributed by atoms with van der Waals surface area (Å²) in [5.74, 6) is -4.50. The van der Waals surface area contributed by atoms with Crippen molar-refractivity contribution >= 4 is 22.9 Å². The van der Waals surface area contributed by atoms with Crippen molar-refractivity contribution in [2.45, 2.75) is 12.3 Å². The number of aromatic hydroxyl groups is 4. The molecule has 1 unspecified atom stereocenters. The lowest BCUT2D eigenvalue weighted by atomic mass is 9.84. The zero-order valence-corrected chi connectivity index (χ0v) is 18.6. The van der Waals surface area contributed by atoms with Crippen LogP contribution in [0.1, 0.15) is 33.8 Å². The molecule has 0 amide bonds. The van der Waals surface area contributed by atoms with Crippen molar-refractivity contribution in [1.29, 1.82) is 0 Å². The van der Waals surface area contributed by atoms with Gasteiger partial charge >= 0.3 is 11.9 Å². The molecule has 10 nitrogen and oxygen atoms in total. The van der Waals surface area contributed by atoms with Crippen LogP contribution in [0.15, 0.2) is 57.7 Å². The molecule has 4 N–H and O–H groups in total. The number of carbonyl (C=O) groups excluding carboxylic acids is 2. The molecular formula is C26H18O10. The number of carbonyl (C=O) groups is 2. The number of phenolic OH excluding ortho intramolecular Hbond substituents is 3. The number of benzene rings is 3. The second kappa shape index (κ2) is 8.35. The van der Waals surface area contributed by atoms with E-state index in [-0.39, 0.29) is 40.0 Å². The molecule has 1 aliphatic heterocycles. The van der Waals surface area contributed by atoms with Crippen molar-refractivity contribution in [2.75, 3.05) is 7.11 Å². The zero-order valence-electron chi connectivity index (χ0n) is 18.6. The van der Waals surface area contributed by atoms with E-state index in [9.17, 15) is 34.8 Å². The molecule has 182 valence electrons. The highest BCUT2D eigenvalue weighted by Crippen LogP contribution is 2.47. The number of fused-ring (bicyclic) bond motifs is 3. The average molecular weight is 490 g/mol. The Bertz CT molecular complexity index is 1620. The SMILES string of the molecule is COC(=O)c1ccc(C2CC(=O)Oc3cc(O)c4c(=O)c(O)c(-c5ccc(O)c(O)c5)oc4c32)cc1. The minimum atomic E-state index is -0.948. The monoisotopic (exact) mass is 490 g/mol. The Labute approximate surface area is 202 Å². The van der Waals surface area contributed by atoms with E-state index in [2.05, 4.69) is 0 Å². The van der Waals surface area contributed by atoms with Crippen molar-refractivity contribution in [3.8, 4) is 40.1 Å². The van der Waals surface area contributed by atoms with E-state index in [0.29, 0.717) is 11.1 Å². The van der Waals surface area contributed by atoms with Gasteiger partial charge in [0.25, 0.3) is 0 Å². The predicted molar refractivity (Wildman–Crippen MR) is 124 cm³/mol. The van der Waals surface area contributed by atoms with Crippen LogP contribution in [-0.4, -0.2) is 39.5 Å². The maximum absolute atomic E-state index is 13.1. The molecule has 3 aromatic carbocycles. The molecule has 0 bridgehead atoms. The highest BCUT2D eigenvalue weighted by Gasteiger charge is 2.34. The van der Waals surface area contributed by atoms with E-state index in [4.69, 9.17) is 13.9 Å². The Morgan fingerprint density at radius 3 is 2.33 bits per heavy atom. The first kappa shape index (κ1) is 22.8. The summed E-state index contributed by atoms with van der Waals surface area (Å²) in [5, 5.41) is 40.3. The van der Waals surface area contributed by atoms with Crippen LogP contribution >= 0.6 is 0 Å². The molecule has 0 saturated carbocycles. The van der Waals surface area contributed by atoms with Crippen molar-refractivity contribution < 1.29 is 43.9 Å². The zero-order chi connectivity index (χ0) is 25.7. The Kier molecular flexibility index (Phi) is 5.28. The number of rotatable bonds is 3. The number of methoxy groups -OCH3 is 1. The molecule has 36 heavy (non-hydrogen) atoms. The van der Waals surface area contributed by atoms with E-state index >= 15 is 0 Å². The quantitative estimate of drug-likeness (QED) is 0.190. The van der Waals surface area contributed by atoms with Crippen molar-refractivity contribution in [3.05, 3.63) is 75.4 Å². The van der Waals surface area contributed by atoms with Gasteiger partial charge in [-0.2, -0.15) is 0 Å². The van der Waals surface area contributed by atoms with Gasteiger partial charge in [0.05, 0.1) is 19.1 Å². The van der Waals surface area contributed by atoms with Gasteiger partial charge in [-0.25, -0.2) is 4.79 Å². The van der Waals surface area contributed by atoms with E-state index in [1.54, 1.807) is 12.1 Å². The fraction of sp³-hybridized carbons (Fsp3) is 0.115. The van der Waals surface area contributed by atoms with Crippen LogP contribution in [0.3, 0.4) is 0 Å². The second-order valence-corrected chi connectivity index (χ2v) is 8.17. The van der Waals surface area contributed by atoms with Crippen molar-refractivity contribution in [1.82, 2.24) is 0 Å². The first-order valence-electron chi connectivity index (χ1n) is 10.7. The highest BCUT2D eigenvalue weighted by atomic mass is 16.5.